The number of benzene rings is 1. The van der Waals surface area contributed by atoms with Crippen LogP contribution < -0.4 is 9.64 Å². The number of alkyl halides is 3. The van der Waals surface area contributed by atoms with E-state index >= 15 is 0 Å². The van der Waals surface area contributed by atoms with E-state index in [0.29, 0.717) is 36.1 Å². The van der Waals surface area contributed by atoms with E-state index < -0.39 is 23.3 Å². The Morgan fingerprint density at radius 3 is 2.64 bits per heavy atom. The second-order valence-corrected chi connectivity index (χ2v) is 5.94. The van der Waals surface area contributed by atoms with Crippen molar-refractivity contribution in [3.05, 3.63) is 52.7 Å². The molecule has 1 aromatic heterocycles. The zero-order chi connectivity index (χ0) is 18.2. The molecule has 1 aliphatic rings. The SMILES string of the molecule is O=C(O)c1cc(C(F)(F)F)cnc1N1CC(Oc2cccc(Cl)c2)C1. The molecule has 0 unspecified atom stereocenters. The van der Waals surface area contributed by atoms with Crippen LogP contribution in [0.25, 0.3) is 0 Å². The molecule has 25 heavy (non-hydrogen) atoms. The van der Waals surface area contributed by atoms with Crippen molar-refractivity contribution in [2.45, 2.75) is 12.3 Å². The smallest absolute Gasteiger partial charge is 0.417 e. The lowest BCUT2D eigenvalue weighted by Crippen LogP contribution is -2.54. The van der Waals surface area contributed by atoms with Crippen LogP contribution in [0, 0.1) is 0 Å². The quantitative estimate of drug-likeness (QED) is 0.886. The molecule has 0 saturated carbocycles. The summed E-state index contributed by atoms with van der Waals surface area (Å²) in [4.78, 5) is 16.5. The minimum Gasteiger partial charge on any atom is -0.487 e. The van der Waals surface area contributed by atoms with Gasteiger partial charge in [-0.3, -0.25) is 0 Å². The molecule has 1 N–H and O–H groups in total. The third-order valence-corrected chi connectivity index (χ3v) is 3.91. The Morgan fingerprint density at radius 2 is 2.04 bits per heavy atom. The first-order valence-corrected chi connectivity index (χ1v) is 7.59. The van der Waals surface area contributed by atoms with E-state index in [1.165, 1.54) is 0 Å². The van der Waals surface area contributed by atoms with Crippen LogP contribution in [-0.4, -0.2) is 35.3 Å². The molecule has 3 rings (SSSR count). The Bertz CT molecular complexity index is 807. The minimum absolute atomic E-state index is 0.00792. The molecule has 2 aromatic rings. The van der Waals surface area contributed by atoms with Gasteiger partial charge in [-0.2, -0.15) is 13.2 Å². The predicted molar refractivity (Wildman–Crippen MR) is 84.3 cm³/mol. The highest BCUT2D eigenvalue weighted by molar-refractivity contribution is 6.30. The molecule has 5 nitrogen and oxygen atoms in total. The number of hydrogen-bond acceptors (Lipinski definition) is 4. The van der Waals surface area contributed by atoms with E-state index in [1.54, 1.807) is 29.2 Å². The molecule has 1 fully saturated rings. The van der Waals surface area contributed by atoms with Gasteiger partial charge in [0.1, 0.15) is 23.2 Å². The van der Waals surface area contributed by atoms with Gasteiger partial charge in [0, 0.05) is 11.2 Å². The van der Waals surface area contributed by atoms with Crippen molar-refractivity contribution in [1.29, 1.82) is 0 Å². The zero-order valence-corrected chi connectivity index (χ0v) is 13.4. The fourth-order valence-corrected chi connectivity index (χ4v) is 2.62. The number of ether oxygens (including phenoxy) is 1. The van der Waals surface area contributed by atoms with Crippen LogP contribution in [0.15, 0.2) is 36.5 Å². The molecule has 1 aliphatic heterocycles. The molecular formula is C16H12ClF3N2O3. The lowest BCUT2D eigenvalue weighted by molar-refractivity contribution is -0.137. The highest BCUT2D eigenvalue weighted by Gasteiger charge is 2.36. The summed E-state index contributed by atoms with van der Waals surface area (Å²) in [6.45, 7) is 0.621. The highest BCUT2D eigenvalue weighted by Crippen LogP contribution is 2.33. The summed E-state index contributed by atoms with van der Waals surface area (Å²) >= 11 is 5.86. The fraction of sp³-hybridized carbons (Fsp3) is 0.250. The Hall–Kier alpha value is -2.48. The van der Waals surface area contributed by atoms with Gasteiger partial charge in [0.05, 0.1) is 18.7 Å². The Balaban J connectivity index is 1.72. The van der Waals surface area contributed by atoms with Crippen molar-refractivity contribution >= 4 is 23.4 Å². The maximum Gasteiger partial charge on any atom is 0.417 e. The molecule has 9 heteroatoms. The van der Waals surface area contributed by atoms with Crippen molar-refractivity contribution in [3.63, 3.8) is 0 Å². The largest absolute Gasteiger partial charge is 0.487 e. The summed E-state index contributed by atoms with van der Waals surface area (Å²) in [7, 11) is 0. The van der Waals surface area contributed by atoms with Crippen LogP contribution in [-0.2, 0) is 6.18 Å². The van der Waals surface area contributed by atoms with Gasteiger partial charge in [0.2, 0.25) is 0 Å². The maximum absolute atomic E-state index is 12.7. The van der Waals surface area contributed by atoms with Crippen molar-refractivity contribution in [3.8, 4) is 5.75 Å². The number of carbonyl (C=O) groups is 1. The number of hydrogen-bond donors (Lipinski definition) is 1. The number of pyridine rings is 1. The average molecular weight is 373 g/mol. The molecule has 1 saturated heterocycles. The van der Waals surface area contributed by atoms with E-state index in [2.05, 4.69) is 4.98 Å². The molecule has 0 aliphatic carbocycles. The number of halogens is 4. The van der Waals surface area contributed by atoms with Crippen molar-refractivity contribution in [2.24, 2.45) is 0 Å². The van der Waals surface area contributed by atoms with Crippen LogP contribution in [0.1, 0.15) is 15.9 Å². The molecule has 0 spiro atoms. The second-order valence-electron chi connectivity index (χ2n) is 5.50. The lowest BCUT2D eigenvalue weighted by atomic mass is 10.1. The van der Waals surface area contributed by atoms with E-state index in [0.717, 1.165) is 0 Å². The minimum atomic E-state index is -4.65. The molecule has 0 radical (unpaired) electrons. The zero-order valence-electron chi connectivity index (χ0n) is 12.6. The maximum atomic E-state index is 12.7. The summed E-state index contributed by atoms with van der Waals surface area (Å²) in [5, 5.41) is 9.70. The van der Waals surface area contributed by atoms with Gasteiger partial charge >= 0.3 is 12.1 Å². The van der Waals surface area contributed by atoms with Gasteiger partial charge in [-0.05, 0) is 24.3 Å². The summed E-state index contributed by atoms with van der Waals surface area (Å²) in [5.41, 5.74) is -1.59. The first-order valence-electron chi connectivity index (χ1n) is 7.22. The molecule has 2 heterocycles. The Morgan fingerprint density at radius 1 is 1.32 bits per heavy atom. The Labute approximate surface area is 145 Å². The van der Waals surface area contributed by atoms with Gasteiger partial charge in [0.25, 0.3) is 0 Å². The van der Waals surface area contributed by atoms with Crippen LogP contribution >= 0.6 is 11.6 Å². The summed E-state index contributed by atoms with van der Waals surface area (Å²) in [6.07, 6.45) is -4.25. The number of carboxylic acid groups (broad SMARTS) is 1. The summed E-state index contributed by atoms with van der Waals surface area (Å²) in [5.74, 6) is -0.907. The van der Waals surface area contributed by atoms with Crippen LogP contribution in [0.2, 0.25) is 5.02 Å². The van der Waals surface area contributed by atoms with Gasteiger partial charge < -0.3 is 14.7 Å². The molecular weight excluding hydrogens is 361 g/mol. The third-order valence-electron chi connectivity index (χ3n) is 3.67. The van der Waals surface area contributed by atoms with Gasteiger partial charge in [-0.15, -0.1) is 0 Å². The standard InChI is InChI=1S/C16H12ClF3N2O3/c17-10-2-1-3-11(5-10)25-12-7-22(8-12)14-13(15(23)24)4-9(6-21-14)16(18,19)20/h1-6,12H,7-8H2,(H,23,24). The molecule has 0 bridgehead atoms. The number of anilines is 1. The number of aromatic carboxylic acids is 1. The summed E-state index contributed by atoms with van der Waals surface area (Å²) in [6, 6.07) is 7.40. The number of carboxylic acids is 1. The van der Waals surface area contributed by atoms with Gasteiger partial charge in [-0.1, -0.05) is 17.7 Å². The lowest BCUT2D eigenvalue weighted by Gasteiger charge is -2.40. The topological polar surface area (TPSA) is 62.7 Å². The molecule has 1 aromatic carbocycles. The van der Waals surface area contributed by atoms with Gasteiger partial charge in [-0.25, -0.2) is 9.78 Å². The molecule has 0 amide bonds. The van der Waals surface area contributed by atoms with Crippen molar-refractivity contribution in [1.82, 2.24) is 4.98 Å². The Kier molecular flexibility index (Phi) is 4.47. The normalized spacial score (nSPS) is 15.0. The van der Waals surface area contributed by atoms with Gasteiger partial charge in [0.15, 0.2) is 0 Å². The second kappa shape index (κ2) is 6.44. The third kappa shape index (κ3) is 3.79. The number of rotatable bonds is 4. The fourth-order valence-electron chi connectivity index (χ4n) is 2.44. The van der Waals surface area contributed by atoms with E-state index in [1.807, 2.05) is 0 Å². The highest BCUT2D eigenvalue weighted by atomic mass is 35.5. The monoisotopic (exact) mass is 372 g/mol. The average Bonchev–Trinajstić information content (AvgIpc) is 2.49. The van der Waals surface area contributed by atoms with Crippen LogP contribution in [0.3, 0.4) is 0 Å². The molecule has 0 atom stereocenters. The first kappa shape index (κ1) is 17.3. The predicted octanol–water partition coefficient (Wildman–Crippen LogP) is 3.72. The number of aromatic nitrogens is 1. The van der Waals surface area contributed by atoms with Crippen LogP contribution in [0.5, 0.6) is 5.75 Å². The van der Waals surface area contributed by atoms with Crippen LogP contribution in [0.4, 0.5) is 19.0 Å². The number of nitrogens with zero attached hydrogens (tertiary/aromatic N) is 2. The van der Waals surface area contributed by atoms with Crippen molar-refractivity contribution in [2.75, 3.05) is 18.0 Å². The first-order chi connectivity index (χ1) is 11.7. The van der Waals surface area contributed by atoms with E-state index in [4.69, 9.17) is 16.3 Å². The van der Waals surface area contributed by atoms with E-state index in [-0.39, 0.29) is 11.9 Å². The molecule has 132 valence electrons. The summed E-state index contributed by atoms with van der Waals surface area (Å²) < 4.78 is 43.8. The van der Waals surface area contributed by atoms with Crippen molar-refractivity contribution < 1.29 is 27.8 Å². The van der Waals surface area contributed by atoms with E-state index in [9.17, 15) is 23.1 Å².